The van der Waals surface area contributed by atoms with Crippen LogP contribution in [0, 0.1) is 11.7 Å². The summed E-state index contributed by atoms with van der Waals surface area (Å²) in [6.45, 7) is 0.601. The highest BCUT2D eigenvalue weighted by atomic mass is 19.1. The fourth-order valence-corrected chi connectivity index (χ4v) is 2.56. The van der Waals surface area contributed by atoms with E-state index >= 15 is 0 Å². The average Bonchev–Trinajstić information content (AvgIpc) is 2.81. The van der Waals surface area contributed by atoms with Gasteiger partial charge in [-0.05, 0) is 24.1 Å². The quantitative estimate of drug-likeness (QED) is 0.925. The van der Waals surface area contributed by atoms with Crippen LogP contribution in [0.2, 0.25) is 0 Å². The Morgan fingerprint density at radius 2 is 2.30 bits per heavy atom. The van der Waals surface area contributed by atoms with Crippen molar-refractivity contribution in [3.05, 3.63) is 47.3 Å². The highest BCUT2D eigenvalue weighted by Crippen LogP contribution is 2.21. The Bertz CT molecular complexity index is 654. The molecule has 5 nitrogen and oxygen atoms in total. The first-order chi connectivity index (χ1) is 9.63. The number of aliphatic carboxylic acids is 1. The van der Waals surface area contributed by atoms with Gasteiger partial charge in [0.2, 0.25) is 0 Å². The molecule has 0 radical (unpaired) electrons. The second-order valence-electron chi connectivity index (χ2n) is 5.02. The number of aromatic nitrogens is 3. The Labute approximate surface area is 115 Å². The average molecular weight is 275 g/mol. The number of carbonyl (C=O) groups is 1. The number of hydrogen-bond donors (Lipinski definition) is 1. The van der Waals surface area contributed by atoms with Crippen molar-refractivity contribution in [3.63, 3.8) is 0 Å². The summed E-state index contributed by atoms with van der Waals surface area (Å²) >= 11 is 0. The molecule has 0 aliphatic carbocycles. The van der Waals surface area contributed by atoms with Crippen molar-refractivity contribution in [1.82, 2.24) is 14.8 Å². The van der Waals surface area contributed by atoms with E-state index in [2.05, 4.69) is 10.2 Å². The molecule has 1 atom stereocenters. The molecule has 0 bridgehead atoms. The first-order valence-corrected chi connectivity index (χ1v) is 6.51. The second kappa shape index (κ2) is 5.03. The normalized spacial score (nSPS) is 17.8. The summed E-state index contributed by atoms with van der Waals surface area (Å²) in [4.78, 5) is 11.0. The topological polar surface area (TPSA) is 68.0 Å². The molecule has 20 heavy (non-hydrogen) atoms. The van der Waals surface area contributed by atoms with Crippen LogP contribution in [0.25, 0.3) is 0 Å². The molecule has 0 fully saturated rings. The number of hydrogen-bond acceptors (Lipinski definition) is 3. The minimum atomic E-state index is -0.786. The van der Waals surface area contributed by atoms with E-state index in [0.29, 0.717) is 31.6 Å². The van der Waals surface area contributed by atoms with Gasteiger partial charge in [0.05, 0.1) is 5.92 Å². The monoisotopic (exact) mass is 275 g/mol. The smallest absolute Gasteiger partial charge is 0.307 e. The van der Waals surface area contributed by atoms with Crippen molar-refractivity contribution in [2.24, 2.45) is 5.92 Å². The Hall–Kier alpha value is -2.24. The summed E-state index contributed by atoms with van der Waals surface area (Å²) in [5.74, 6) is 0.0240. The van der Waals surface area contributed by atoms with Crippen LogP contribution in [0.3, 0.4) is 0 Å². The number of nitrogens with zero attached hydrogens (tertiary/aromatic N) is 3. The molecule has 0 saturated carbocycles. The molecule has 0 spiro atoms. The molecule has 0 saturated heterocycles. The molecule has 1 N–H and O–H groups in total. The molecule has 1 aromatic carbocycles. The van der Waals surface area contributed by atoms with Gasteiger partial charge in [-0.1, -0.05) is 12.1 Å². The maximum atomic E-state index is 13.2. The van der Waals surface area contributed by atoms with Gasteiger partial charge in [-0.15, -0.1) is 10.2 Å². The standard InChI is InChI=1S/C14H14FN3O2/c15-11-3-1-2-9(6-11)7-12-16-17-13-8-10(14(19)20)4-5-18(12)13/h1-3,6,10H,4-5,7-8H2,(H,19,20). The number of carboxylic acid groups (broad SMARTS) is 1. The minimum absolute atomic E-state index is 0.271. The van der Waals surface area contributed by atoms with Gasteiger partial charge in [0.15, 0.2) is 0 Å². The molecule has 1 aliphatic rings. The maximum Gasteiger partial charge on any atom is 0.307 e. The number of benzene rings is 1. The van der Waals surface area contributed by atoms with Gasteiger partial charge in [0.1, 0.15) is 17.5 Å². The van der Waals surface area contributed by atoms with Crippen LogP contribution < -0.4 is 0 Å². The molecule has 2 aromatic rings. The Kier molecular flexibility index (Phi) is 3.22. The molecule has 0 amide bonds. The zero-order chi connectivity index (χ0) is 14.1. The third-order valence-corrected chi connectivity index (χ3v) is 3.63. The van der Waals surface area contributed by atoms with Gasteiger partial charge in [-0.25, -0.2) is 4.39 Å². The lowest BCUT2D eigenvalue weighted by Crippen LogP contribution is -2.26. The van der Waals surface area contributed by atoms with Gasteiger partial charge >= 0.3 is 5.97 Å². The lowest BCUT2D eigenvalue weighted by atomic mass is 9.98. The van der Waals surface area contributed by atoms with Crippen LogP contribution in [0.4, 0.5) is 4.39 Å². The highest BCUT2D eigenvalue weighted by Gasteiger charge is 2.27. The summed E-state index contributed by atoms with van der Waals surface area (Å²) in [6.07, 6.45) is 1.49. The Morgan fingerprint density at radius 3 is 3.05 bits per heavy atom. The van der Waals surface area contributed by atoms with Crippen molar-refractivity contribution in [1.29, 1.82) is 0 Å². The third kappa shape index (κ3) is 2.41. The van der Waals surface area contributed by atoms with E-state index in [1.165, 1.54) is 12.1 Å². The van der Waals surface area contributed by atoms with Crippen molar-refractivity contribution in [2.45, 2.75) is 25.8 Å². The van der Waals surface area contributed by atoms with Crippen LogP contribution in [-0.4, -0.2) is 25.8 Å². The maximum absolute atomic E-state index is 13.2. The number of rotatable bonds is 3. The van der Waals surface area contributed by atoms with Gasteiger partial charge < -0.3 is 9.67 Å². The van der Waals surface area contributed by atoms with Gasteiger partial charge in [-0.2, -0.15) is 0 Å². The molecule has 3 rings (SSSR count). The van der Waals surface area contributed by atoms with E-state index in [9.17, 15) is 9.18 Å². The van der Waals surface area contributed by atoms with Gasteiger partial charge in [-0.3, -0.25) is 4.79 Å². The molecule has 104 valence electrons. The highest BCUT2D eigenvalue weighted by molar-refractivity contribution is 5.70. The molecule has 1 aliphatic heterocycles. The zero-order valence-corrected chi connectivity index (χ0v) is 10.8. The van der Waals surface area contributed by atoms with E-state index in [-0.39, 0.29) is 11.7 Å². The fourth-order valence-electron chi connectivity index (χ4n) is 2.56. The molecular weight excluding hydrogens is 261 g/mol. The molecule has 2 heterocycles. The van der Waals surface area contributed by atoms with Crippen molar-refractivity contribution in [2.75, 3.05) is 0 Å². The van der Waals surface area contributed by atoms with Crippen molar-refractivity contribution in [3.8, 4) is 0 Å². The van der Waals surface area contributed by atoms with E-state index in [1.807, 2.05) is 10.6 Å². The summed E-state index contributed by atoms with van der Waals surface area (Å²) < 4.78 is 15.1. The summed E-state index contributed by atoms with van der Waals surface area (Å²) in [5.41, 5.74) is 0.834. The number of fused-ring (bicyclic) bond motifs is 1. The largest absolute Gasteiger partial charge is 0.481 e. The van der Waals surface area contributed by atoms with Crippen LogP contribution in [0.15, 0.2) is 24.3 Å². The molecule has 1 aromatic heterocycles. The third-order valence-electron chi connectivity index (χ3n) is 3.63. The summed E-state index contributed by atoms with van der Waals surface area (Å²) in [6, 6.07) is 6.39. The minimum Gasteiger partial charge on any atom is -0.481 e. The van der Waals surface area contributed by atoms with E-state index in [0.717, 1.165) is 11.4 Å². The van der Waals surface area contributed by atoms with E-state index in [1.54, 1.807) is 6.07 Å². The lowest BCUT2D eigenvalue weighted by molar-refractivity contribution is -0.142. The number of halogens is 1. The predicted molar refractivity (Wildman–Crippen MR) is 68.7 cm³/mol. The predicted octanol–water partition coefficient (Wildman–Crippen LogP) is 1.66. The zero-order valence-electron chi connectivity index (χ0n) is 10.8. The summed E-state index contributed by atoms with van der Waals surface area (Å²) in [5, 5.41) is 17.2. The van der Waals surface area contributed by atoms with Crippen LogP contribution in [0.5, 0.6) is 0 Å². The summed E-state index contributed by atoms with van der Waals surface area (Å²) in [7, 11) is 0. The van der Waals surface area contributed by atoms with Crippen molar-refractivity contribution < 1.29 is 14.3 Å². The van der Waals surface area contributed by atoms with Crippen LogP contribution in [0.1, 0.15) is 23.6 Å². The number of carboxylic acids is 1. The van der Waals surface area contributed by atoms with Gasteiger partial charge in [0, 0.05) is 19.4 Å². The lowest BCUT2D eigenvalue weighted by Gasteiger charge is -2.20. The fraction of sp³-hybridized carbons (Fsp3) is 0.357. The first-order valence-electron chi connectivity index (χ1n) is 6.51. The molecular formula is C14H14FN3O2. The van der Waals surface area contributed by atoms with E-state index in [4.69, 9.17) is 5.11 Å². The second-order valence-corrected chi connectivity index (χ2v) is 5.02. The van der Waals surface area contributed by atoms with Crippen LogP contribution >= 0.6 is 0 Å². The van der Waals surface area contributed by atoms with E-state index < -0.39 is 5.97 Å². The SMILES string of the molecule is O=C(O)C1CCn2c(Cc3cccc(F)c3)nnc2C1. The first kappa shape index (κ1) is 12.8. The van der Waals surface area contributed by atoms with Gasteiger partial charge in [0.25, 0.3) is 0 Å². The Morgan fingerprint density at radius 1 is 1.45 bits per heavy atom. The van der Waals surface area contributed by atoms with Crippen molar-refractivity contribution >= 4 is 5.97 Å². The van der Waals surface area contributed by atoms with Crippen LogP contribution in [-0.2, 0) is 24.2 Å². The Balaban J connectivity index is 1.82. The molecule has 6 heteroatoms. The molecule has 1 unspecified atom stereocenters.